The summed E-state index contributed by atoms with van der Waals surface area (Å²) in [5.74, 6) is -6.40. The van der Waals surface area contributed by atoms with E-state index in [9.17, 15) is 22.4 Å². The highest BCUT2D eigenvalue weighted by atomic mass is 19.2. The Morgan fingerprint density at radius 2 is 1.76 bits per heavy atom. The number of rotatable bonds is 4. The summed E-state index contributed by atoms with van der Waals surface area (Å²) < 4.78 is 58.0. The molecule has 0 spiro atoms. The Kier molecular flexibility index (Phi) is 4.46. The number of nitrogens with zero attached hydrogens (tertiary/aromatic N) is 2. The lowest BCUT2D eigenvalue weighted by molar-refractivity contribution is 0.0941. The summed E-state index contributed by atoms with van der Waals surface area (Å²) in [5.41, 5.74) is -0.566. The second-order valence-electron chi connectivity index (χ2n) is 4.90. The summed E-state index contributed by atoms with van der Waals surface area (Å²) in [4.78, 5) is 15.7. The van der Waals surface area contributed by atoms with Gasteiger partial charge in [0.15, 0.2) is 17.5 Å². The third-order valence-corrected chi connectivity index (χ3v) is 3.26. The first-order valence-electron chi connectivity index (χ1n) is 6.96. The van der Waals surface area contributed by atoms with Crippen molar-refractivity contribution in [2.75, 3.05) is 0 Å². The third-order valence-electron chi connectivity index (χ3n) is 3.26. The largest absolute Gasteiger partial charge is 0.343 e. The van der Waals surface area contributed by atoms with Crippen molar-refractivity contribution in [2.24, 2.45) is 0 Å². The Morgan fingerprint density at radius 1 is 1.00 bits per heavy atom. The van der Waals surface area contributed by atoms with Crippen LogP contribution in [0.5, 0.6) is 0 Å². The van der Waals surface area contributed by atoms with Gasteiger partial charge in [-0.2, -0.15) is 4.98 Å². The number of aromatic nitrogens is 2. The lowest BCUT2D eigenvalue weighted by atomic mass is 10.2. The smallest absolute Gasteiger partial charge is 0.254 e. The average Bonchev–Trinajstić information content (AvgIpc) is 3.07. The van der Waals surface area contributed by atoms with Crippen molar-refractivity contribution in [1.29, 1.82) is 0 Å². The van der Waals surface area contributed by atoms with Crippen LogP contribution in [0.15, 0.2) is 40.9 Å². The first-order valence-corrected chi connectivity index (χ1v) is 6.96. The molecule has 0 fully saturated rings. The van der Waals surface area contributed by atoms with Crippen molar-refractivity contribution in [3.63, 3.8) is 0 Å². The summed E-state index contributed by atoms with van der Waals surface area (Å²) in [6, 6.07) is 7.19. The minimum Gasteiger partial charge on any atom is -0.343 e. The van der Waals surface area contributed by atoms with Crippen molar-refractivity contribution < 1.29 is 26.9 Å². The van der Waals surface area contributed by atoms with Gasteiger partial charge in [0.2, 0.25) is 11.7 Å². The molecule has 0 aliphatic carbocycles. The number of benzene rings is 2. The van der Waals surface area contributed by atoms with E-state index in [-0.39, 0.29) is 23.8 Å². The van der Waals surface area contributed by atoms with E-state index in [2.05, 4.69) is 15.5 Å². The fourth-order valence-corrected chi connectivity index (χ4v) is 2.03. The van der Waals surface area contributed by atoms with Crippen LogP contribution in [0.2, 0.25) is 0 Å². The number of hydrogen-bond donors (Lipinski definition) is 1. The minimum absolute atomic E-state index is 0.0265. The molecular weight excluding hydrogens is 342 g/mol. The number of amides is 1. The summed E-state index contributed by atoms with van der Waals surface area (Å²) in [5, 5.41) is 5.80. The topological polar surface area (TPSA) is 68.0 Å². The van der Waals surface area contributed by atoms with Crippen molar-refractivity contribution in [3.05, 3.63) is 71.1 Å². The highest BCUT2D eigenvalue weighted by Gasteiger charge is 2.19. The second kappa shape index (κ2) is 6.71. The number of nitrogens with one attached hydrogen (secondary N) is 1. The molecule has 0 bridgehead atoms. The molecule has 2 aromatic carbocycles. The van der Waals surface area contributed by atoms with E-state index in [1.165, 1.54) is 18.2 Å². The van der Waals surface area contributed by atoms with Crippen LogP contribution in [0.4, 0.5) is 17.6 Å². The van der Waals surface area contributed by atoms with E-state index in [4.69, 9.17) is 4.52 Å². The van der Waals surface area contributed by atoms with Crippen LogP contribution >= 0.6 is 0 Å². The molecule has 0 saturated carbocycles. The van der Waals surface area contributed by atoms with Gasteiger partial charge in [0.25, 0.3) is 5.91 Å². The number of carbonyl (C=O) groups excluding carboxylic acids is 1. The molecule has 3 aromatic rings. The van der Waals surface area contributed by atoms with Crippen molar-refractivity contribution >= 4 is 5.91 Å². The standard InChI is InChI=1S/C16H9F4N3O2/c17-10-4-2-1-3-8(10)15-22-12(25-23-15)7-21-16(24)9-5-6-11(18)14(20)13(9)19/h1-6H,7H2,(H,21,24). The molecule has 9 heteroatoms. The Bertz CT molecular complexity index is 943. The maximum atomic E-state index is 13.6. The SMILES string of the molecule is O=C(NCc1nc(-c2ccccc2F)no1)c1ccc(F)c(F)c1F. The van der Waals surface area contributed by atoms with Gasteiger partial charge in [-0.15, -0.1) is 0 Å². The van der Waals surface area contributed by atoms with E-state index < -0.39 is 34.7 Å². The number of carbonyl (C=O) groups is 1. The maximum absolute atomic E-state index is 13.6. The van der Waals surface area contributed by atoms with Crippen LogP contribution in [-0.4, -0.2) is 16.0 Å². The molecule has 0 radical (unpaired) electrons. The van der Waals surface area contributed by atoms with Gasteiger partial charge in [0.05, 0.1) is 17.7 Å². The molecular formula is C16H9F4N3O2. The quantitative estimate of drug-likeness (QED) is 0.579. The molecule has 0 saturated heterocycles. The van der Waals surface area contributed by atoms with Gasteiger partial charge < -0.3 is 9.84 Å². The Balaban J connectivity index is 1.72. The molecule has 1 N–H and O–H groups in total. The molecule has 128 valence electrons. The van der Waals surface area contributed by atoms with Crippen LogP contribution in [-0.2, 0) is 6.54 Å². The molecule has 1 heterocycles. The number of halogens is 4. The molecule has 3 rings (SSSR count). The molecule has 25 heavy (non-hydrogen) atoms. The van der Waals surface area contributed by atoms with Crippen LogP contribution < -0.4 is 5.32 Å². The van der Waals surface area contributed by atoms with E-state index in [0.29, 0.717) is 6.07 Å². The third kappa shape index (κ3) is 3.35. The molecule has 1 amide bonds. The second-order valence-corrected chi connectivity index (χ2v) is 4.90. The van der Waals surface area contributed by atoms with Crippen molar-refractivity contribution in [2.45, 2.75) is 6.54 Å². The van der Waals surface area contributed by atoms with Gasteiger partial charge in [0.1, 0.15) is 5.82 Å². The zero-order valence-electron chi connectivity index (χ0n) is 12.4. The predicted molar refractivity (Wildman–Crippen MR) is 77.2 cm³/mol. The lowest BCUT2D eigenvalue weighted by Crippen LogP contribution is -2.24. The molecule has 5 nitrogen and oxygen atoms in total. The van der Waals surface area contributed by atoms with Gasteiger partial charge >= 0.3 is 0 Å². The Morgan fingerprint density at radius 3 is 2.52 bits per heavy atom. The highest BCUT2D eigenvalue weighted by molar-refractivity contribution is 5.94. The van der Waals surface area contributed by atoms with E-state index in [1.807, 2.05) is 0 Å². The van der Waals surface area contributed by atoms with Gasteiger partial charge in [-0.3, -0.25) is 4.79 Å². The van der Waals surface area contributed by atoms with Crippen LogP contribution in [0.3, 0.4) is 0 Å². The first-order chi connectivity index (χ1) is 12.0. The molecule has 0 atom stereocenters. The van der Waals surface area contributed by atoms with Crippen LogP contribution in [0.25, 0.3) is 11.4 Å². The number of hydrogen-bond acceptors (Lipinski definition) is 4. The molecule has 0 aliphatic heterocycles. The summed E-state index contributed by atoms with van der Waals surface area (Å²) in [7, 11) is 0. The summed E-state index contributed by atoms with van der Waals surface area (Å²) >= 11 is 0. The van der Waals surface area contributed by atoms with Crippen LogP contribution in [0, 0.1) is 23.3 Å². The maximum Gasteiger partial charge on any atom is 0.254 e. The van der Waals surface area contributed by atoms with Gasteiger partial charge in [0, 0.05) is 0 Å². The molecule has 0 aliphatic rings. The molecule has 1 aromatic heterocycles. The average molecular weight is 351 g/mol. The summed E-state index contributed by atoms with van der Waals surface area (Å²) in [6.45, 7) is -0.307. The van der Waals surface area contributed by atoms with Gasteiger partial charge in [-0.05, 0) is 24.3 Å². The zero-order valence-corrected chi connectivity index (χ0v) is 12.4. The zero-order chi connectivity index (χ0) is 18.0. The van der Waals surface area contributed by atoms with Crippen molar-refractivity contribution in [3.8, 4) is 11.4 Å². The van der Waals surface area contributed by atoms with Gasteiger partial charge in [-0.25, -0.2) is 17.6 Å². The van der Waals surface area contributed by atoms with Gasteiger partial charge in [-0.1, -0.05) is 17.3 Å². The first kappa shape index (κ1) is 16.6. The Labute approximate surface area is 138 Å². The normalized spacial score (nSPS) is 10.7. The molecule has 0 unspecified atom stereocenters. The van der Waals surface area contributed by atoms with Crippen molar-refractivity contribution in [1.82, 2.24) is 15.5 Å². The minimum atomic E-state index is -1.74. The summed E-state index contributed by atoms with van der Waals surface area (Å²) in [6.07, 6.45) is 0. The van der Waals surface area contributed by atoms with E-state index in [0.717, 1.165) is 6.07 Å². The van der Waals surface area contributed by atoms with E-state index >= 15 is 0 Å². The lowest BCUT2D eigenvalue weighted by Gasteiger charge is -2.04. The fourth-order valence-electron chi connectivity index (χ4n) is 2.03. The van der Waals surface area contributed by atoms with E-state index in [1.54, 1.807) is 6.07 Å². The Hall–Kier alpha value is -3.23. The van der Waals surface area contributed by atoms with Crippen LogP contribution in [0.1, 0.15) is 16.2 Å². The fraction of sp³-hybridized carbons (Fsp3) is 0.0625. The highest BCUT2D eigenvalue weighted by Crippen LogP contribution is 2.19. The monoisotopic (exact) mass is 351 g/mol. The predicted octanol–water partition coefficient (Wildman–Crippen LogP) is 3.22.